The Kier molecular flexibility index (Phi) is 5.54. The first-order valence-corrected chi connectivity index (χ1v) is 9.44. The maximum Gasteiger partial charge on any atom is 0.416 e. The van der Waals surface area contributed by atoms with E-state index in [0.717, 1.165) is 11.6 Å². The molecule has 2 aromatic carbocycles. The predicted octanol–water partition coefficient (Wildman–Crippen LogP) is 3.71. The largest absolute Gasteiger partial charge is 0.423 e. The molecule has 0 unspecified atom stereocenters. The third-order valence-electron chi connectivity index (χ3n) is 5.06. The highest BCUT2D eigenvalue weighted by atomic mass is 19.4. The summed E-state index contributed by atoms with van der Waals surface area (Å²) < 4.78 is 43.8. The van der Waals surface area contributed by atoms with Crippen LogP contribution in [0.25, 0.3) is 11.5 Å². The molecule has 6 nitrogen and oxygen atoms in total. The van der Waals surface area contributed by atoms with E-state index in [1.807, 2.05) is 0 Å². The number of piperazine rings is 1. The monoisotopic (exact) mass is 416 g/mol. The normalized spacial score (nSPS) is 15.4. The van der Waals surface area contributed by atoms with E-state index >= 15 is 0 Å². The van der Waals surface area contributed by atoms with E-state index in [-0.39, 0.29) is 5.91 Å². The minimum Gasteiger partial charge on any atom is -0.423 e. The lowest BCUT2D eigenvalue weighted by molar-refractivity contribution is -0.137. The summed E-state index contributed by atoms with van der Waals surface area (Å²) in [7, 11) is 0. The maximum atomic E-state index is 12.9. The molecule has 1 aliphatic heterocycles. The first-order valence-electron chi connectivity index (χ1n) is 9.44. The molecular formula is C21H19F3N4O2. The second kappa shape index (κ2) is 8.27. The van der Waals surface area contributed by atoms with E-state index in [0.29, 0.717) is 49.7 Å². The zero-order chi connectivity index (χ0) is 21.1. The van der Waals surface area contributed by atoms with E-state index in [1.165, 1.54) is 18.5 Å². The Hall–Kier alpha value is -3.20. The van der Waals surface area contributed by atoms with Gasteiger partial charge in [-0.1, -0.05) is 18.2 Å². The molecule has 1 fully saturated rings. The van der Waals surface area contributed by atoms with Crippen molar-refractivity contribution < 1.29 is 22.4 Å². The molecule has 1 amide bonds. The van der Waals surface area contributed by atoms with Gasteiger partial charge >= 0.3 is 6.18 Å². The number of aromatic nitrogens is 2. The van der Waals surface area contributed by atoms with Crippen molar-refractivity contribution in [1.29, 1.82) is 0 Å². The summed E-state index contributed by atoms with van der Waals surface area (Å²) in [6.45, 7) is 2.65. The van der Waals surface area contributed by atoms with Crippen LogP contribution in [0.1, 0.15) is 21.5 Å². The average molecular weight is 416 g/mol. The maximum absolute atomic E-state index is 12.9. The molecule has 0 aliphatic carbocycles. The smallest absolute Gasteiger partial charge is 0.416 e. The second-order valence-corrected chi connectivity index (χ2v) is 7.09. The minimum absolute atomic E-state index is 0.0780. The quantitative estimate of drug-likeness (QED) is 0.649. The van der Waals surface area contributed by atoms with Crippen molar-refractivity contribution in [3.8, 4) is 11.5 Å². The van der Waals surface area contributed by atoms with E-state index < -0.39 is 11.7 Å². The lowest BCUT2D eigenvalue weighted by Crippen LogP contribution is -2.48. The van der Waals surface area contributed by atoms with Crippen LogP contribution in [0.2, 0.25) is 0 Å². The molecule has 1 aliphatic rings. The molecule has 4 rings (SSSR count). The topological polar surface area (TPSA) is 62.5 Å². The van der Waals surface area contributed by atoms with Gasteiger partial charge in [0.25, 0.3) is 5.91 Å². The summed E-state index contributed by atoms with van der Waals surface area (Å²) >= 11 is 0. The Balaban J connectivity index is 1.34. The third-order valence-corrected chi connectivity index (χ3v) is 5.06. The number of carbonyl (C=O) groups excluding carboxylic acids is 1. The number of hydrogen-bond acceptors (Lipinski definition) is 5. The molecule has 2 heterocycles. The molecule has 9 heteroatoms. The molecule has 1 saturated heterocycles. The van der Waals surface area contributed by atoms with Gasteiger partial charge in [0.2, 0.25) is 12.3 Å². The summed E-state index contributed by atoms with van der Waals surface area (Å²) in [6.07, 6.45) is -3.10. The van der Waals surface area contributed by atoms with Crippen LogP contribution in [-0.2, 0) is 12.7 Å². The number of nitrogens with zero attached hydrogens (tertiary/aromatic N) is 4. The molecule has 0 spiro atoms. The summed E-state index contributed by atoms with van der Waals surface area (Å²) in [5.74, 6) is 0.308. The first kappa shape index (κ1) is 20.1. The zero-order valence-electron chi connectivity index (χ0n) is 16.0. The fourth-order valence-corrected chi connectivity index (χ4v) is 3.45. The van der Waals surface area contributed by atoms with Crippen LogP contribution >= 0.6 is 0 Å². The average Bonchev–Trinajstić information content (AvgIpc) is 3.28. The highest BCUT2D eigenvalue weighted by molar-refractivity contribution is 5.94. The number of carbonyl (C=O) groups is 1. The fraction of sp³-hybridized carbons (Fsp3) is 0.286. The van der Waals surface area contributed by atoms with Gasteiger partial charge in [-0.2, -0.15) is 13.2 Å². The van der Waals surface area contributed by atoms with Gasteiger partial charge in [-0.25, -0.2) is 0 Å². The van der Waals surface area contributed by atoms with Crippen LogP contribution in [0.4, 0.5) is 13.2 Å². The molecule has 30 heavy (non-hydrogen) atoms. The minimum atomic E-state index is -4.35. The Morgan fingerprint density at radius 2 is 1.77 bits per heavy atom. The zero-order valence-corrected chi connectivity index (χ0v) is 16.0. The molecular weight excluding hydrogens is 397 g/mol. The molecule has 0 saturated carbocycles. The number of halogens is 3. The fourth-order valence-electron chi connectivity index (χ4n) is 3.45. The van der Waals surface area contributed by atoms with Crippen molar-refractivity contribution in [2.45, 2.75) is 12.7 Å². The second-order valence-electron chi connectivity index (χ2n) is 7.09. The van der Waals surface area contributed by atoms with E-state index in [1.54, 1.807) is 35.2 Å². The van der Waals surface area contributed by atoms with Crippen LogP contribution < -0.4 is 0 Å². The highest BCUT2D eigenvalue weighted by Gasteiger charge is 2.30. The molecule has 1 aromatic heterocycles. The van der Waals surface area contributed by atoms with E-state index in [4.69, 9.17) is 4.42 Å². The summed E-state index contributed by atoms with van der Waals surface area (Å²) in [5.41, 5.74) is 1.26. The van der Waals surface area contributed by atoms with E-state index in [9.17, 15) is 18.0 Å². The van der Waals surface area contributed by atoms with Gasteiger partial charge in [0.1, 0.15) is 0 Å². The van der Waals surface area contributed by atoms with Gasteiger partial charge in [-0.15, -0.1) is 10.2 Å². The van der Waals surface area contributed by atoms with Crippen molar-refractivity contribution >= 4 is 5.91 Å². The van der Waals surface area contributed by atoms with Crippen molar-refractivity contribution in [3.63, 3.8) is 0 Å². The number of amides is 1. The predicted molar refractivity (Wildman–Crippen MR) is 102 cm³/mol. The van der Waals surface area contributed by atoms with Crippen LogP contribution in [0.5, 0.6) is 0 Å². The Bertz CT molecular complexity index is 996. The Morgan fingerprint density at radius 1 is 1.03 bits per heavy atom. The molecule has 0 bridgehead atoms. The van der Waals surface area contributed by atoms with Gasteiger partial charge < -0.3 is 9.32 Å². The highest BCUT2D eigenvalue weighted by Crippen LogP contribution is 2.29. The Labute approximate surface area is 170 Å². The molecule has 156 valence electrons. The number of hydrogen-bond donors (Lipinski definition) is 0. The van der Waals surface area contributed by atoms with Crippen LogP contribution in [0.15, 0.2) is 59.3 Å². The van der Waals surface area contributed by atoms with Crippen molar-refractivity contribution in [3.05, 3.63) is 71.6 Å². The van der Waals surface area contributed by atoms with Crippen molar-refractivity contribution in [2.24, 2.45) is 0 Å². The number of alkyl halides is 3. The van der Waals surface area contributed by atoms with Crippen LogP contribution in [-0.4, -0.2) is 52.1 Å². The Morgan fingerprint density at radius 3 is 2.40 bits per heavy atom. The molecule has 0 atom stereocenters. The van der Waals surface area contributed by atoms with E-state index in [2.05, 4.69) is 15.1 Å². The first-order chi connectivity index (χ1) is 14.4. The van der Waals surface area contributed by atoms with Crippen LogP contribution in [0.3, 0.4) is 0 Å². The summed E-state index contributed by atoms with van der Waals surface area (Å²) in [5, 5.41) is 7.46. The van der Waals surface area contributed by atoms with Crippen molar-refractivity contribution in [1.82, 2.24) is 20.0 Å². The van der Waals surface area contributed by atoms with Gasteiger partial charge in [0.05, 0.1) is 5.56 Å². The lowest BCUT2D eigenvalue weighted by Gasteiger charge is -2.35. The number of benzene rings is 2. The van der Waals surface area contributed by atoms with Gasteiger partial charge in [-0.05, 0) is 35.9 Å². The SMILES string of the molecule is O=C(c1ccc(-c2nnco2)cc1)N1CCN(Cc2cccc(C(F)(F)F)c2)CC1. The van der Waals surface area contributed by atoms with Crippen molar-refractivity contribution in [2.75, 3.05) is 26.2 Å². The van der Waals surface area contributed by atoms with Gasteiger partial charge in [-0.3, -0.25) is 9.69 Å². The molecule has 0 N–H and O–H groups in total. The summed E-state index contributed by atoms with van der Waals surface area (Å²) in [4.78, 5) is 16.6. The lowest BCUT2D eigenvalue weighted by atomic mass is 10.1. The summed E-state index contributed by atoms with van der Waals surface area (Å²) in [6, 6.07) is 12.3. The van der Waals surface area contributed by atoms with Crippen LogP contribution in [0, 0.1) is 0 Å². The van der Waals surface area contributed by atoms with Gasteiger partial charge in [0.15, 0.2) is 0 Å². The third kappa shape index (κ3) is 4.51. The molecule has 0 radical (unpaired) electrons. The number of rotatable bonds is 4. The standard InChI is InChI=1S/C21H19F3N4O2/c22-21(23,24)18-3-1-2-15(12-18)13-27-8-10-28(11-9-27)20(29)17-6-4-16(5-7-17)19-26-25-14-30-19/h1-7,12,14H,8-11,13H2. The van der Waals surface area contributed by atoms with Gasteiger partial charge in [0, 0.05) is 43.9 Å². The molecule has 3 aromatic rings.